The number of carbonyl (C=O) groups is 2. The number of nitrogens with one attached hydrogen (secondary N) is 1. The molecule has 166 valence electrons. The first kappa shape index (κ1) is 22.9. The van der Waals surface area contributed by atoms with E-state index in [4.69, 9.17) is 0 Å². The number of rotatable bonds is 5. The largest absolute Gasteiger partial charge is 0.390 e. The van der Waals surface area contributed by atoms with E-state index < -0.39 is 23.7 Å². The minimum absolute atomic E-state index is 0.146. The van der Waals surface area contributed by atoms with Crippen LogP contribution in [0.2, 0.25) is 0 Å². The number of aliphatic hydroxyl groups excluding tert-OH is 2. The van der Waals surface area contributed by atoms with Gasteiger partial charge in [-0.15, -0.1) is 0 Å². The summed E-state index contributed by atoms with van der Waals surface area (Å²) in [5.74, 6) is -0.414. The SMILES string of the molecule is CC(=O)NC[C@@]1(c2ccccc2)CC[C@H](O)[C@H](O)[C@@H](N(C)C(=O)c2cncc(C)c2)C1. The predicted octanol–water partition coefficient (Wildman–Crippen LogP) is 1.81. The number of benzene rings is 1. The van der Waals surface area contributed by atoms with Crippen molar-refractivity contribution in [2.45, 2.75) is 56.8 Å². The van der Waals surface area contributed by atoms with Crippen molar-refractivity contribution in [3.63, 3.8) is 0 Å². The molecule has 3 rings (SSSR count). The lowest BCUT2D eigenvalue weighted by Crippen LogP contribution is -2.51. The molecular formula is C24H31N3O4. The normalized spacial score (nSPS) is 26.0. The molecule has 7 heteroatoms. The summed E-state index contributed by atoms with van der Waals surface area (Å²) in [6.07, 6.45) is 2.44. The zero-order valence-corrected chi connectivity index (χ0v) is 18.3. The van der Waals surface area contributed by atoms with E-state index in [2.05, 4.69) is 10.3 Å². The van der Waals surface area contributed by atoms with Crippen LogP contribution in [0.15, 0.2) is 48.8 Å². The Balaban J connectivity index is 1.99. The maximum atomic E-state index is 13.2. The van der Waals surface area contributed by atoms with Crippen LogP contribution >= 0.6 is 0 Å². The molecule has 1 aliphatic rings. The summed E-state index contributed by atoms with van der Waals surface area (Å²) < 4.78 is 0. The van der Waals surface area contributed by atoms with Crippen molar-refractivity contribution in [3.05, 3.63) is 65.5 Å². The van der Waals surface area contributed by atoms with Gasteiger partial charge in [-0.3, -0.25) is 14.6 Å². The number of hydrogen-bond donors (Lipinski definition) is 3. The standard InChI is InChI=1S/C24H31N3O4/c1-16-11-18(14-25-13-16)23(31)27(3)20-12-24(15-26-17(2)28,10-9-21(29)22(20)30)19-7-5-4-6-8-19/h4-8,11,13-14,20-22,29-30H,9-10,12,15H2,1-3H3,(H,26,28)/t20-,21-,22+,24+/m0/s1. The molecule has 1 saturated carbocycles. The molecule has 1 heterocycles. The summed E-state index contributed by atoms with van der Waals surface area (Å²) in [6, 6.07) is 10.9. The molecule has 0 unspecified atom stereocenters. The van der Waals surface area contributed by atoms with Crippen LogP contribution in [0.1, 0.15) is 47.7 Å². The lowest BCUT2D eigenvalue weighted by Gasteiger charge is -2.39. The van der Waals surface area contributed by atoms with E-state index in [1.807, 2.05) is 37.3 Å². The maximum Gasteiger partial charge on any atom is 0.255 e. The number of aliphatic hydroxyl groups is 2. The summed E-state index contributed by atoms with van der Waals surface area (Å²) in [5, 5.41) is 24.5. The first-order valence-corrected chi connectivity index (χ1v) is 10.6. The third-order valence-corrected chi connectivity index (χ3v) is 6.31. The van der Waals surface area contributed by atoms with Gasteiger partial charge < -0.3 is 20.4 Å². The predicted molar refractivity (Wildman–Crippen MR) is 118 cm³/mol. The zero-order chi connectivity index (χ0) is 22.6. The average Bonchev–Trinajstić information content (AvgIpc) is 2.90. The van der Waals surface area contributed by atoms with Crippen LogP contribution in [0.4, 0.5) is 0 Å². The van der Waals surface area contributed by atoms with Crippen LogP contribution in [0.3, 0.4) is 0 Å². The Morgan fingerprint density at radius 2 is 1.94 bits per heavy atom. The average molecular weight is 426 g/mol. The molecule has 3 N–H and O–H groups in total. The Bertz CT molecular complexity index is 920. The molecule has 1 aromatic carbocycles. The number of hydrogen-bond acceptors (Lipinski definition) is 5. The molecule has 7 nitrogen and oxygen atoms in total. The van der Waals surface area contributed by atoms with Crippen LogP contribution < -0.4 is 5.32 Å². The molecule has 31 heavy (non-hydrogen) atoms. The van der Waals surface area contributed by atoms with Crippen molar-refractivity contribution in [1.82, 2.24) is 15.2 Å². The van der Waals surface area contributed by atoms with Crippen molar-refractivity contribution < 1.29 is 19.8 Å². The Labute approximate surface area is 183 Å². The van der Waals surface area contributed by atoms with E-state index in [-0.39, 0.29) is 11.8 Å². The van der Waals surface area contributed by atoms with E-state index in [0.29, 0.717) is 31.4 Å². The van der Waals surface area contributed by atoms with Gasteiger partial charge in [0, 0.05) is 38.3 Å². The molecule has 2 aromatic rings. The highest BCUT2D eigenvalue weighted by atomic mass is 16.3. The zero-order valence-electron chi connectivity index (χ0n) is 18.3. The fourth-order valence-electron chi connectivity index (χ4n) is 4.48. The number of aryl methyl sites for hydroxylation is 1. The maximum absolute atomic E-state index is 13.2. The molecule has 0 radical (unpaired) electrons. The number of nitrogens with zero attached hydrogens (tertiary/aromatic N) is 2. The molecule has 1 aromatic heterocycles. The summed E-state index contributed by atoms with van der Waals surface area (Å²) >= 11 is 0. The van der Waals surface area contributed by atoms with Crippen LogP contribution in [-0.2, 0) is 10.2 Å². The van der Waals surface area contributed by atoms with Gasteiger partial charge >= 0.3 is 0 Å². The second kappa shape index (κ2) is 9.58. The summed E-state index contributed by atoms with van der Waals surface area (Å²) in [6.45, 7) is 3.69. The molecule has 1 fully saturated rings. The first-order valence-electron chi connectivity index (χ1n) is 10.6. The van der Waals surface area contributed by atoms with Gasteiger partial charge in [-0.2, -0.15) is 0 Å². The van der Waals surface area contributed by atoms with Crippen LogP contribution in [-0.4, -0.2) is 63.8 Å². The summed E-state index contributed by atoms with van der Waals surface area (Å²) in [5.41, 5.74) is 1.77. The van der Waals surface area contributed by atoms with E-state index in [0.717, 1.165) is 11.1 Å². The first-order chi connectivity index (χ1) is 14.7. The van der Waals surface area contributed by atoms with Gasteiger partial charge in [0.25, 0.3) is 5.91 Å². The summed E-state index contributed by atoms with van der Waals surface area (Å²) in [4.78, 5) is 30.5. The van der Waals surface area contributed by atoms with Crippen molar-refractivity contribution in [1.29, 1.82) is 0 Å². The van der Waals surface area contributed by atoms with Crippen molar-refractivity contribution in [2.24, 2.45) is 0 Å². The quantitative estimate of drug-likeness (QED) is 0.634. The smallest absolute Gasteiger partial charge is 0.255 e. The Morgan fingerprint density at radius 1 is 1.23 bits per heavy atom. The van der Waals surface area contributed by atoms with Gasteiger partial charge in [-0.05, 0) is 43.4 Å². The van der Waals surface area contributed by atoms with E-state index >= 15 is 0 Å². The van der Waals surface area contributed by atoms with Gasteiger partial charge in [-0.1, -0.05) is 30.3 Å². The lowest BCUT2D eigenvalue weighted by molar-refractivity contribution is -0.119. The van der Waals surface area contributed by atoms with Crippen molar-refractivity contribution in [3.8, 4) is 0 Å². The van der Waals surface area contributed by atoms with Gasteiger partial charge in [-0.25, -0.2) is 0 Å². The minimum atomic E-state index is -1.10. The molecule has 0 bridgehead atoms. The Kier molecular flexibility index (Phi) is 7.08. The van der Waals surface area contributed by atoms with Gasteiger partial charge in [0.15, 0.2) is 0 Å². The number of pyridine rings is 1. The molecule has 0 saturated heterocycles. The van der Waals surface area contributed by atoms with E-state index in [1.54, 1.807) is 19.3 Å². The topological polar surface area (TPSA) is 103 Å². The minimum Gasteiger partial charge on any atom is -0.390 e. The summed E-state index contributed by atoms with van der Waals surface area (Å²) in [7, 11) is 1.64. The van der Waals surface area contributed by atoms with Crippen molar-refractivity contribution in [2.75, 3.05) is 13.6 Å². The second-order valence-electron chi connectivity index (χ2n) is 8.59. The molecule has 1 aliphatic carbocycles. The van der Waals surface area contributed by atoms with Crippen LogP contribution in [0, 0.1) is 6.92 Å². The Morgan fingerprint density at radius 3 is 2.58 bits per heavy atom. The molecule has 0 aliphatic heterocycles. The number of amides is 2. The Hall–Kier alpha value is -2.77. The number of likely N-dealkylation sites (N-methyl/N-ethyl adjacent to an activating group) is 1. The van der Waals surface area contributed by atoms with Crippen LogP contribution in [0.5, 0.6) is 0 Å². The second-order valence-corrected chi connectivity index (χ2v) is 8.59. The number of aromatic nitrogens is 1. The van der Waals surface area contributed by atoms with E-state index in [1.165, 1.54) is 18.0 Å². The monoisotopic (exact) mass is 425 g/mol. The highest BCUT2D eigenvalue weighted by Crippen LogP contribution is 2.40. The molecule has 0 spiro atoms. The van der Waals surface area contributed by atoms with Gasteiger partial charge in [0.1, 0.15) is 6.10 Å². The molecular weight excluding hydrogens is 394 g/mol. The lowest BCUT2D eigenvalue weighted by atomic mass is 9.73. The number of carbonyl (C=O) groups excluding carboxylic acids is 2. The molecule has 2 amide bonds. The third-order valence-electron chi connectivity index (χ3n) is 6.31. The van der Waals surface area contributed by atoms with Gasteiger partial charge in [0.05, 0.1) is 17.7 Å². The van der Waals surface area contributed by atoms with Crippen LogP contribution in [0.25, 0.3) is 0 Å². The fraction of sp³-hybridized carbons (Fsp3) is 0.458. The van der Waals surface area contributed by atoms with Crippen molar-refractivity contribution >= 4 is 11.8 Å². The third kappa shape index (κ3) is 5.11. The fourth-order valence-corrected chi connectivity index (χ4v) is 4.48. The highest BCUT2D eigenvalue weighted by molar-refractivity contribution is 5.94. The highest BCUT2D eigenvalue weighted by Gasteiger charge is 2.45. The van der Waals surface area contributed by atoms with E-state index in [9.17, 15) is 19.8 Å². The van der Waals surface area contributed by atoms with Gasteiger partial charge in [0.2, 0.25) is 5.91 Å². The molecule has 4 atom stereocenters.